The van der Waals surface area contributed by atoms with Crippen molar-refractivity contribution >= 4 is 5.91 Å². The van der Waals surface area contributed by atoms with Gasteiger partial charge in [-0.3, -0.25) is 9.69 Å². The van der Waals surface area contributed by atoms with Crippen LogP contribution in [0.2, 0.25) is 0 Å². The van der Waals surface area contributed by atoms with Crippen molar-refractivity contribution in [3.63, 3.8) is 0 Å². The molecule has 132 valence electrons. The lowest BCUT2D eigenvalue weighted by Gasteiger charge is -2.33. The van der Waals surface area contributed by atoms with Crippen molar-refractivity contribution in [3.8, 4) is 0 Å². The number of imidazole rings is 1. The highest BCUT2D eigenvalue weighted by Crippen LogP contribution is 2.18. The molecule has 0 aromatic carbocycles. The van der Waals surface area contributed by atoms with Gasteiger partial charge in [0.2, 0.25) is 0 Å². The number of amides is 1. The van der Waals surface area contributed by atoms with Gasteiger partial charge in [-0.15, -0.1) is 0 Å². The maximum absolute atomic E-state index is 12.6. The fourth-order valence-corrected chi connectivity index (χ4v) is 3.46. The van der Waals surface area contributed by atoms with E-state index in [2.05, 4.69) is 36.6 Å². The van der Waals surface area contributed by atoms with Crippen LogP contribution in [0.15, 0.2) is 24.7 Å². The number of carbonyl (C=O) groups is 1. The molecule has 0 spiro atoms. The lowest BCUT2D eigenvalue weighted by Crippen LogP contribution is -2.44. The van der Waals surface area contributed by atoms with Crippen LogP contribution >= 0.6 is 0 Å². The van der Waals surface area contributed by atoms with Crippen molar-refractivity contribution in [3.05, 3.63) is 41.7 Å². The van der Waals surface area contributed by atoms with Crippen molar-refractivity contribution in [2.45, 2.75) is 19.6 Å². The van der Waals surface area contributed by atoms with Gasteiger partial charge in [-0.05, 0) is 13.1 Å². The first kappa shape index (κ1) is 16.2. The monoisotopic (exact) mass is 341 g/mol. The van der Waals surface area contributed by atoms with E-state index in [1.807, 2.05) is 11.1 Å². The minimum Gasteiger partial charge on any atom is -0.329 e. The molecule has 25 heavy (non-hydrogen) atoms. The third kappa shape index (κ3) is 3.40. The van der Waals surface area contributed by atoms with Crippen LogP contribution in [-0.2, 0) is 19.6 Å². The van der Waals surface area contributed by atoms with Gasteiger partial charge in [0.15, 0.2) is 0 Å². The second-order valence-corrected chi connectivity index (χ2v) is 6.75. The van der Waals surface area contributed by atoms with Crippen LogP contribution in [0.25, 0.3) is 0 Å². The summed E-state index contributed by atoms with van der Waals surface area (Å²) in [6, 6.07) is 1.70. The standard InChI is InChI=1S/C17H23N7O/c1-21-4-6-22(7-5-21)12-15-11-18-16-13-23(8-9-24(15)16)17(25)14-2-3-19-20-10-14/h2-3,10-11H,4-9,12-13H2,1H3. The number of hydrogen-bond acceptors (Lipinski definition) is 6. The fraction of sp³-hybridized carbons (Fsp3) is 0.529. The first-order chi connectivity index (χ1) is 12.2. The van der Waals surface area contributed by atoms with Gasteiger partial charge in [0.05, 0.1) is 30.2 Å². The second-order valence-electron chi connectivity index (χ2n) is 6.75. The molecule has 0 atom stereocenters. The predicted octanol–water partition coefficient (Wildman–Crippen LogP) is 0.0765. The van der Waals surface area contributed by atoms with Gasteiger partial charge in [-0.1, -0.05) is 0 Å². The van der Waals surface area contributed by atoms with Crippen LogP contribution in [0, 0.1) is 0 Å². The van der Waals surface area contributed by atoms with Crippen molar-refractivity contribution < 1.29 is 4.79 Å². The number of likely N-dealkylation sites (N-methyl/N-ethyl adjacent to an activating group) is 1. The Labute approximate surface area is 147 Å². The summed E-state index contributed by atoms with van der Waals surface area (Å²) < 4.78 is 2.27. The molecule has 4 rings (SSSR count). The Bertz CT molecular complexity index is 737. The van der Waals surface area contributed by atoms with Crippen molar-refractivity contribution in [1.29, 1.82) is 0 Å². The topological polar surface area (TPSA) is 70.4 Å². The Hall–Kier alpha value is -2.32. The Morgan fingerprint density at radius 3 is 2.68 bits per heavy atom. The normalized spacial score (nSPS) is 19.0. The minimum atomic E-state index is -0.00947. The third-order valence-electron chi connectivity index (χ3n) is 5.05. The van der Waals surface area contributed by atoms with Gasteiger partial charge < -0.3 is 14.4 Å². The summed E-state index contributed by atoms with van der Waals surface area (Å²) in [6.45, 7) is 7.38. The third-order valence-corrected chi connectivity index (χ3v) is 5.05. The maximum atomic E-state index is 12.6. The lowest BCUT2D eigenvalue weighted by atomic mass is 10.2. The molecule has 0 unspecified atom stereocenters. The van der Waals surface area contributed by atoms with Crippen LogP contribution in [0.3, 0.4) is 0 Å². The quantitative estimate of drug-likeness (QED) is 0.787. The van der Waals surface area contributed by atoms with Crippen LogP contribution in [0.1, 0.15) is 21.9 Å². The van der Waals surface area contributed by atoms with E-state index in [-0.39, 0.29) is 5.91 Å². The van der Waals surface area contributed by atoms with E-state index >= 15 is 0 Å². The predicted molar refractivity (Wildman–Crippen MR) is 91.8 cm³/mol. The van der Waals surface area contributed by atoms with Crippen molar-refractivity contribution in [1.82, 2.24) is 34.4 Å². The molecule has 8 heteroatoms. The molecule has 0 aliphatic carbocycles. The highest BCUT2D eigenvalue weighted by atomic mass is 16.2. The van der Waals surface area contributed by atoms with Gasteiger partial charge in [-0.2, -0.15) is 10.2 Å². The first-order valence-electron chi connectivity index (χ1n) is 8.71. The number of hydrogen-bond donors (Lipinski definition) is 0. The highest BCUT2D eigenvalue weighted by Gasteiger charge is 2.25. The van der Waals surface area contributed by atoms with E-state index in [0.29, 0.717) is 18.7 Å². The van der Waals surface area contributed by atoms with Crippen LogP contribution in [0.5, 0.6) is 0 Å². The Balaban J connectivity index is 1.43. The van der Waals surface area contributed by atoms with Gasteiger partial charge in [0.25, 0.3) is 5.91 Å². The molecular weight excluding hydrogens is 318 g/mol. The van der Waals surface area contributed by atoms with Gasteiger partial charge in [0, 0.05) is 52.0 Å². The number of piperazine rings is 1. The van der Waals surface area contributed by atoms with Crippen LogP contribution in [-0.4, -0.2) is 80.1 Å². The Morgan fingerprint density at radius 1 is 1.08 bits per heavy atom. The van der Waals surface area contributed by atoms with Crippen LogP contribution in [0.4, 0.5) is 0 Å². The zero-order valence-corrected chi connectivity index (χ0v) is 14.5. The Morgan fingerprint density at radius 2 is 1.92 bits per heavy atom. The molecule has 0 N–H and O–H groups in total. The molecule has 0 bridgehead atoms. The molecular formula is C17H23N7O. The summed E-state index contributed by atoms with van der Waals surface area (Å²) in [4.78, 5) is 23.8. The molecule has 4 heterocycles. The highest BCUT2D eigenvalue weighted by molar-refractivity contribution is 5.93. The average molecular weight is 341 g/mol. The fourth-order valence-electron chi connectivity index (χ4n) is 3.46. The number of nitrogens with zero attached hydrogens (tertiary/aromatic N) is 7. The zero-order chi connectivity index (χ0) is 17.2. The Kier molecular flexibility index (Phi) is 4.46. The SMILES string of the molecule is CN1CCN(Cc2cnc3n2CCN(C(=O)c2ccnnc2)C3)CC1. The van der Waals surface area contributed by atoms with E-state index in [1.54, 1.807) is 12.3 Å². The van der Waals surface area contributed by atoms with Gasteiger partial charge >= 0.3 is 0 Å². The second kappa shape index (κ2) is 6.89. The summed E-state index contributed by atoms with van der Waals surface area (Å²) in [6.07, 6.45) is 5.03. The molecule has 8 nitrogen and oxygen atoms in total. The van der Waals surface area contributed by atoms with Crippen molar-refractivity contribution in [2.75, 3.05) is 39.8 Å². The molecule has 2 aromatic rings. The molecule has 1 fully saturated rings. The molecule has 0 saturated carbocycles. The summed E-state index contributed by atoms with van der Waals surface area (Å²) in [5.74, 6) is 0.954. The summed E-state index contributed by atoms with van der Waals surface area (Å²) in [7, 11) is 2.17. The van der Waals surface area contributed by atoms with Crippen LogP contribution < -0.4 is 0 Å². The van der Waals surface area contributed by atoms with Gasteiger partial charge in [-0.25, -0.2) is 4.98 Å². The zero-order valence-electron chi connectivity index (χ0n) is 14.5. The smallest absolute Gasteiger partial charge is 0.256 e. The maximum Gasteiger partial charge on any atom is 0.256 e. The van der Waals surface area contributed by atoms with E-state index < -0.39 is 0 Å². The number of rotatable bonds is 3. The van der Waals surface area contributed by atoms with E-state index in [0.717, 1.165) is 45.1 Å². The molecule has 1 amide bonds. The summed E-state index contributed by atoms with van der Waals surface area (Å²) in [5.41, 5.74) is 1.82. The minimum absolute atomic E-state index is 0.00947. The molecule has 2 aliphatic heterocycles. The largest absolute Gasteiger partial charge is 0.329 e. The first-order valence-corrected chi connectivity index (χ1v) is 8.71. The molecule has 0 radical (unpaired) electrons. The molecule has 2 aliphatic rings. The molecule has 1 saturated heterocycles. The van der Waals surface area contributed by atoms with E-state index in [1.165, 1.54) is 11.9 Å². The summed E-state index contributed by atoms with van der Waals surface area (Å²) >= 11 is 0. The number of aromatic nitrogens is 4. The average Bonchev–Trinajstić information content (AvgIpc) is 3.06. The summed E-state index contributed by atoms with van der Waals surface area (Å²) in [5, 5.41) is 7.52. The number of carbonyl (C=O) groups excluding carboxylic acids is 1. The van der Waals surface area contributed by atoms with E-state index in [9.17, 15) is 4.79 Å². The lowest BCUT2D eigenvalue weighted by molar-refractivity contribution is 0.0703. The van der Waals surface area contributed by atoms with E-state index in [4.69, 9.17) is 0 Å². The van der Waals surface area contributed by atoms with Crippen molar-refractivity contribution in [2.24, 2.45) is 0 Å². The van der Waals surface area contributed by atoms with Gasteiger partial charge in [0.1, 0.15) is 5.82 Å². The molecule has 2 aromatic heterocycles. The number of fused-ring (bicyclic) bond motifs is 1.